The first-order valence-electron chi connectivity index (χ1n) is 8.63. The van der Waals surface area contributed by atoms with Gasteiger partial charge in [0, 0.05) is 6.04 Å². The van der Waals surface area contributed by atoms with Crippen LogP contribution in [0.15, 0.2) is 0 Å². The van der Waals surface area contributed by atoms with Crippen molar-refractivity contribution < 1.29 is 9.59 Å². The van der Waals surface area contributed by atoms with Crippen LogP contribution in [-0.4, -0.2) is 34.3 Å². The zero-order valence-corrected chi connectivity index (χ0v) is 13.9. The summed E-state index contributed by atoms with van der Waals surface area (Å²) in [5.74, 6) is 0.701. The van der Waals surface area contributed by atoms with Crippen molar-refractivity contribution >= 4 is 11.8 Å². The third kappa shape index (κ3) is 2.82. The Labute approximate surface area is 128 Å². The first kappa shape index (κ1) is 16.3. The fourth-order valence-electron chi connectivity index (χ4n) is 4.00. The van der Waals surface area contributed by atoms with E-state index >= 15 is 0 Å². The van der Waals surface area contributed by atoms with Crippen molar-refractivity contribution in [3.63, 3.8) is 0 Å². The molecule has 0 aromatic heterocycles. The summed E-state index contributed by atoms with van der Waals surface area (Å²) in [4.78, 5) is 27.5. The molecule has 1 aliphatic heterocycles. The van der Waals surface area contributed by atoms with Crippen molar-refractivity contribution in [1.29, 1.82) is 0 Å². The second-order valence-corrected chi connectivity index (χ2v) is 6.83. The average molecular weight is 294 g/mol. The minimum absolute atomic E-state index is 0.0295. The number of carbonyl (C=O) groups excluding carboxylic acids is 2. The molecule has 1 N–H and O–H groups in total. The highest BCUT2D eigenvalue weighted by atomic mass is 16.2. The highest BCUT2D eigenvalue weighted by Gasteiger charge is 2.49. The van der Waals surface area contributed by atoms with Gasteiger partial charge in [0.25, 0.3) is 0 Å². The fraction of sp³-hybridized carbons (Fsp3) is 0.882. The fourth-order valence-corrected chi connectivity index (χ4v) is 4.00. The Morgan fingerprint density at radius 1 is 1.14 bits per heavy atom. The predicted molar refractivity (Wildman–Crippen MR) is 83.8 cm³/mol. The number of rotatable bonds is 4. The van der Waals surface area contributed by atoms with E-state index in [2.05, 4.69) is 12.2 Å². The number of hydrogen-bond acceptors (Lipinski definition) is 2. The van der Waals surface area contributed by atoms with E-state index in [-0.39, 0.29) is 23.9 Å². The second-order valence-electron chi connectivity index (χ2n) is 6.83. The van der Waals surface area contributed by atoms with Gasteiger partial charge in [-0.15, -0.1) is 0 Å². The molecule has 1 saturated heterocycles. The standard InChI is InChI=1S/C17H30N2O2/c1-5-12-10-8-9-11-14(12)19-13(6-2)15(20)18-17(4,7-3)16(19)21/h12-14H,5-11H2,1-4H3,(H,18,20). The van der Waals surface area contributed by atoms with E-state index in [0.29, 0.717) is 18.8 Å². The topological polar surface area (TPSA) is 49.4 Å². The maximum atomic E-state index is 13.1. The molecular weight excluding hydrogens is 264 g/mol. The molecule has 0 radical (unpaired) electrons. The molecule has 120 valence electrons. The normalized spacial score (nSPS) is 37.5. The van der Waals surface area contributed by atoms with E-state index in [4.69, 9.17) is 0 Å². The molecule has 0 aromatic carbocycles. The first-order valence-corrected chi connectivity index (χ1v) is 8.63. The SMILES string of the molecule is CCC1CCCCC1N1C(=O)C(C)(CC)NC(=O)C1CC. The smallest absolute Gasteiger partial charge is 0.248 e. The summed E-state index contributed by atoms with van der Waals surface area (Å²) in [5, 5.41) is 2.96. The molecule has 4 heteroatoms. The van der Waals surface area contributed by atoms with Crippen LogP contribution in [0.1, 0.15) is 72.6 Å². The lowest BCUT2D eigenvalue weighted by molar-refractivity contribution is -0.160. The van der Waals surface area contributed by atoms with Crippen LogP contribution in [0.25, 0.3) is 0 Å². The molecule has 0 spiro atoms. The highest BCUT2D eigenvalue weighted by molar-refractivity contribution is 5.99. The Hall–Kier alpha value is -1.06. The number of carbonyl (C=O) groups is 2. The molecule has 4 unspecified atom stereocenters. The molecule has 1 aliphatic carbocycles. The first-order chi connectivity index (χ1) is 9.98. The number of hydrogen-bond donors (Lipinski definition) is 1. The minimum atomic E-state index is -0.724. The summed E-state index contributed by atoms with van der Waals surface area (Å²) in [5.41, 5.74) is -0.724. The van der Waals surface area contributed by atoms with Gasteiger partial charge in [-0.25, -0.2) is 0 Å². The summed E-state index contributed by atoms with van der Waals surface area (Å²) in [7, 11) is 0. The monoisotopic (exact) mass is 294 g/mol. The van der Waals surface area contributed by atoms with Crippen molar-refractivity contribution in [3.8, 4) is 0 Å². The van der Waals surface area contributed by atoms with Crippen LogP contribution in [0, 0.1) is 5.92 Å². The van der Waals surface area contributed by atoms with Gasteiger partial charge >= 0.3 is 0 Å². The van der Waals surface area contributed by atoms with Crippen LogP contribution < -0.4 is 5.32 Å². The van der Waals surface area contributed by atoms with Crippen LogP contribution in [0.2, 0.25) is 0 Å². The van der Waals surface area contributed by atoms with Crippen LogP contribution >= 0.6 is 0 Å². The van der Waals surface area contributed by atoms with Crippen LogP contribution in [-0.2, 0) is 9.59 Å². The summed E-state index contributed by atoms with van der Waals surface area (Å²) < 4.78 is 0. The lowest BCUT2D eigenvalue weighted by Crippen LogP contribution is -2.71. The minimum Gasteiger partial charge on any atom is -0.340 e. The van der Waals surface area contributed by atoms with Crippen LogP contribution in [0.4, 0.5) is 0 Å². The molecule has 4 nitrogen and oxygen atoms in total. The Morgan fingerprint density at radius 3 is 2.38 bits per heavy atom. The summed E-state index contributed by atoms with van der Waals surface area (Å²) >= 11 is 0. The van der Waals surface area contributed by atoms with Crippen molar-refractivity contribution in [1.82, 2.24) is 10.2 Å². The molecule has 21 heavy (non-hydrogen) atoms. The highest BCUT2D eigenvalue weighted by Crippen LogP contribution is 2.35. The Balaban J connectivity index is 2.35. The number of amides is 2. The second kappa shape index (κ2) is 6.37. The zero-order chi connectivity index (χ0) is 15.6. The number of nitrogens with zero attached hydrogens (tertiary/aromatic N) is 1. The van der Waals surface area contributed by atoms with Crippen molar-refractivity contribution in [2.24, 2.45) is 5.92 Å². The largest absolute Gasteiger partial charge is 0.340 e. The molecule has 2 fully saturated rings. The molecule has 0 bridgehead atoms. The van der Waals surface area contributed by atoms with Gasteiger partial charge in [-0.3, -0.25) is 9.59 Å². The van der Waals surface area contributed by atoms with E-state index in [9.17, 15) is 9.59 Å². The maximum Gasteiger partial charge on any atom is 0.248 e. The molecule has 2 amide bonds. The molecule has 2 rings (SSSR count). The van der Waals surface area contributed by atoms with Gasteiger partial charge in [-0.1, -0.05) is 40.0 Å². The quantitative estimate of drug-likeness (QED) is 0.866. The van der Waals surface area contributed by atoms with Gasteiger partial charge in [-0.05, 0) is 38.5 Å². The van der Waals surface area contributed by atoms with Crippen LogP contribution in [0.3, 0.4) is 0 Å². The lowest BCUT2D eigenvalue weighted by atomic mass is 9.79. The van der Waals surface area contributed by atoms with Crippen LogP contribution in [0.5, 0.6) is 0 Å². The summed E-state index contributed by atoms with van der Waals surface area (Å²) in [6.45, 7) is 8.05. The number of nitrogens with one attached hydrogen (secondary N) is 1. The third-order valence-electron chi connectivity index (χ3n) is 5.59. The van der Waals surface area contributed by atoms with Gasteiger partial charge in [0.2, 0.25) is 11.8 Å². The van der Waals surface area contributed by atoms with Gasteiger partial charge in [0.05, 0.1) is 0 Å². The molecule has 0 aromatic rings. The summed E-state index contributed by atoms with van der Waals surface area (Å²) in [6.07, 6.45) is 7.10. The molecule has 1 heterocycles. The molecule has 1 saturated carbocycles. The van der Waals surface area contributed by atoms with Gasteiger partial charge in [-0.2, -0.15) is 0 Å². The maximum absolute atomic E-state index is 13.1. The predicted octanol–water partition coefficient (Wildman–Crippen LogP) is 2.86. The molecule has 4 atom stereocenters. The number of piperazine rings is 1. The van der Waals surface area contributed by atoms with Gasteiger partial charge < -0.3 is 10.2 Å². The average Bonchev–Trinajstić information content (AvgIpc) is 2.50. The molecule has 2 aliphatic rings. The summed E-state index contributed by atoms with van der Waals surface area (Å²) in [6, 6.07) is -0.0348. The van der Waals surface area contributed by atoms with Crippen molar-refractivity contribution in [2.75, 3.05) is 0 Å². The third-order valence-corrected chi connectivity index (χ3v) is 5.59. The van der Waals surface area contributed by atoms with E-state index in [1.54, 1.807) is 0 Å². The van der Waals surface area contributed by atoms with E-state index in [1.165, 1.54) is 19.3 Å². The Bertz CT molecular complexity index is 410. The van der Waals surface area contributed by atoms with Crippen molar-refractivity contribution in [2.45, 2.75) is 90.3 Å². The van der Waals surface area contributed by atoms with E-state index in [1.807, 2.05) is 25.7 Å². The van der Waals surface area contributed by atoms with E-state index in [0.717, 1.165) is 12.8 Å². The van der Waals surface area contributed by atoms with E-state index < -0.39 is 5.54 Å². The van der Waals surface area contributed by atoms with Crippen molar-refractivity contribution in [3.05, 3.63) is 0 Å². The lowest BCUT2D eigenvalue weighted by Gasteiger charge is -2.50. The zero-order valence-electron chi connectivity index (χ0n) is 13.9. The Morgan fingerprint density at radius 2 is 1.81 bits per heavy atom. The Kier molecular flexibility index (Phi) is 4.95. The molecular formula is C17H30N2O2. The van der Waals surface area contributed by atoms with Gasteiger partial charge in [0.15, 0.2) is 0 Å². The van der Waals surface area contributed by atoms with Gasteiger partial charge in [0.1, 0.15) is 11.6 Å².